The van der Waals surface area contributed by atoms with Crippen molar-refractivity contribution in [2.45, 2.75) is 31.2 Å². The molecule has 3 aromatic rings. The van der Waals surface area contributed by atoms with Crippen LogP contribution >= 0.6 is 11.8 Å². The van der Waals surface area contributed by atoms with Gasteiger partial charge in [0.05, 0.1) is 11.4 Å². The van der Waals surface area contributed by atoms with Crippen molar-refractivity contribution < 1.29 is 4.79 Å². The van der Waals surface area contributed by atoms with Crippen molar-refractivity contribution in [2.75, 3.05) is 11.1 Å². The summed E-state index contributed by atoms with van der Waals surface area (Å²) in [7, 11) is 0. The highest BCUT2D eigenvalue weighted by Gasteiger charge is 2.15. The van der Waals surface area contributed by atoms with Gasteiger partial charge in [-0.15, -0.1) is 0 Å². The van der Waals surface area contributed by atoms with Crippen molar-refractivity contribution in [3.8, 4) is 17.3 Å². The zero-order chi connectivity index (χ0) is 20.8. The second-order valence-corrected chi connectivity index (χ2v) is 7.21. The number of nitriles is 1. The zero-order valence-electron chi connectivity index (χ0n) is 16.1. The number of carbonyl (C=O) groups is 1. The van der Waals surface area contributed by atoms with Crippen LogP contribution in [0, 0.1) is 18.3 Å². The van der Waals surface area contributed by atoms with Gasteiger partial charge in [-0.1, -0.05) is 36.9 Å². The number of hydrogen-bond acceptors (Lipinski definition) is 7. The van der Waals surface area contributed by atoms with Crippen LogP contribution in [0.5, 0.6) is 0 Å². The van der Waals surface area contributed by atoms with E-state index in [-0.39, 0.29) is 17.3 Å². The molecule has 0 fully saturated rings. The number of nitrogens with one attached hydrogen (secondary N) is 1. The Morgan fingerprint density at radius 1 is 1.17 bits per heavy atom. The molecule has 0 unspecified atom stereocenters. The Labute approximate surface area is 173 Å². The van der Waals surface area contributed by atoms with E-state index in [0.717, 1.165) is 17.0 Å². The van der Waals surface area contributed by atoms with Gasteiger partial charge in [0.15, 0.2) is 5.16 Å². The van der Waals surface area contributed by atoms with E-state index in [1.165, 1.54) is 11.8 Å². The summed E-state index contributed by atoms with van der Waals surface area (Å²) < 4.78 is 0. The van der Waals surface area contributed by atoms with E-state index >= 15 is 0 Å². The second-order valence-electron chi connectivity index (χ2n) is 6.26. The fourth-order valence-corrected chi connectivity index (χ4v) is 3.38. The summed E-state index contributed by atoms with van der Waals surface area (Å²) in [4.78, 5) is 24.8. The van der Waals surface area contributed by atoms with E-state index < -0.39 is 0 Å². The van der Waals surface area contributed by atoms with Gasteiger partial charge in [0.25, 0.3) is 0 Å². The summed E-state index contributed by atoms with van der Waals surface area (Å²) >= 11 is 1.41. The van der Waals surface area contributed by atoms with Gasteiger partial charge in [0, 0.05) is 29.1 Å². The lowest BCUT2D eigenvalue weighted by Gasteiger charge is -2.10. The molecule has 2 aromatic heterocycles. The van der Waals surface area contributed by atoms with Crippen molar-refractivity contribution in [2.24, 2.45) is 0 Å². The summed E-state index contributed by atoms with van der Waals surface area (Å²) in [5.41, 5.74) is 9.98. The van der Waals surface area contributed by atoms with Crippen LogP contribution in [0.25, 0.3) is 11.3 Å². The summed E-state index contributed by atoms with van der Waals surface area (Å²) in [6, 6.07) is 15.1. The fraction of sp³-hybridized carbons (Fsp3) is 0.190. The van der Waals surface area contributed by atoms with Crippen LogP contribution in [0.2, 0.25) is 0 Å². The number of hydrogen-bond donors (Lipinski definition) is 2. The predicted molar refractivity (Wildman–Crippen MR) is 114 cm³/mol. The standard InChI is InChI=1S/C21H20N6OS/c1-3-18(28)25-15-9-7-14(8-10-15)19-17(11-22)20(23)27-21(26-19)29-12-16-6-4-5-13(2)24-16/h4-10H,3,12H2,1-2H3,(H,25,28)(H2,23,26,27). The molecular formula is C21H20N6OS. The van der Waals surface area contributed by atoms with E-state index in [1.54, 1.807) is 31.2 Å². The molecule has 0 spiro atoms. The minimum absolute atomic E-state index is 0.0646. The third-order valence-corrected chi connectivity index (χ3v) is 4.97. The van der Waals surface area contributed by atoms with Crippen molar-refractivity contribution in [3.05, 3.63) is 59.4 Å². The summed E-state index contributed by atoms with van der Waals surface area (Å²) in [6.45, 7) is 3.73. The van der Waals surface area contributed by atoms with E-state index in [9.17, 15) is 10.1 Å². The van der Waals surface area contributed by atoms with E-state index in [2.05, 4.69) is 26.3 Å². The van der Waals surface area contributed by atoms with E-state index in [4.69, 9.17) is 5.73 Å². The monoisotopic (exact) mass is 404 g/mol. The van der Waals surface area contributed by atoms with Gasteiger partial charge in [0.2, 0.25) is 5.91 Å². The van der Waals surface area contributed by atoms with Crippen LogP contribution in [0.1, 0.15) is 30.3 Å². The van der Waals surface area contributed by atoms with Gasteiger partial charge in [-0.3, -0.25) is 9.78 Å². The molecule has 0 saturated carbocycles. The number of nitrogens with two attached hydrogens (primary N) is 1. The molecule has 0 aliphatic carbocycles. The zero-order valence-corrected chi connectivity index (χ0v) is 17.0. The first-order valence-electron chi connectivity index (χ1n) is 9.03. The van der Waals surface area contributed by atoms with Crippen molar-refractivity contribution >= 4 is 29.2 Å². The molecule has 0 aliphatic heterocycles. The molecule has 0 bridgehead atoms. The second kappa shape index (κ2) is 9.17. The third kappa shape index (κ3) is 5.09. The molecular weight excluding hydrogens is 384 g/mol. The van der Waals surface area contributed by atoms with Crippen LogP contribution in [0.15, 0.2) is 47.6 Å². The lowest BCUT2D eigenvalue weighted by atomic mass is 10.1. The number of benzene rings is 1. The van der Waals surface area contributed by atoms with Crippen LogP contribution < -0.4 is 11.1 Å². The summed E-state index contributed by atoms with van der Waals surface area (Å²) in [5, 5.41) is 12.8. The number of nitrogens with zero attached hydrogens (tertiary/aromatic N) is 4. The number of rotatable bonds is 6. The first-order valence-corrected chi connectivity index (χ1v) is 10.0. The lowest BCUT2D eigenvalue weighted by Crippen LogP contribution is -2.09. The molecule has 0 radical (unpaired) electrons. The van der Waals surface area contributed by atoms with Crippen LogP contribution in [0.4, 0.5) is 11.5 Å². The first-order chi connectivity index (χ1) is 14.0. The minimum atomic E-state index is -0.0646. The number of aryl methyl sites for hydroxylation is 1. The molecule has 8 heteroatoms. The van der Waals surface area contributed by atoms with Crippen molar-refractivity contribution in [1.82, 2.24) is 15.0 Å². The molecule has 3 N–H and O–H groups in total. The molecule has 0 saturated heterocycles. The van der Waals surface area contributed by atoms with Gasteiger partial charge in [0.1, 0.15) is 17.5 Å². The van der Waals surface area contributed by atoms with E-state index in [1.807, 2.05) is 25.1 Å². The smallest absolute Gasteiger partial charge is 0.224 e. The number of amides is 1. The Balaban J connectivity index is 1.87. The number of nitrogen functional groups attached to an aromatic ring is 1. The highest BCUT2D eigenvalue weighted by atomic mass is 32.2. The van der Waals surface area contributed by atoms with Gasteiger partial charge in [-0.2, -0.15) is 5.26 Å². The summed E-state index contributed by atoms with van der Waals surface area (Å²) in [6.07, 6.45) is 0.402. The number of aromatic nitrogens is 3. The molecule has 0 atom stereocenters. The molecule has 1 amide bonds. The highest BCUT2D eigenvalue weighted by molar-refractivity contribution is 7.98. The van der Waals surface area contributed by atoms with E-state index in [0.29, 0.717) is 28.7 Å². The van der Waals surface area contributed by atoms with Crippen molar-refractivity contribution in [1.29, 1.82) is 5.26 Å². The van der Waals surface area contributed by atoms with Crippen LogP contribution in [0.3, 0.4) is 0 Å². The molecule has 2 heterocycles. The molecule has 7 nitrogen and oxygen atoms in total. The predicted octanol–water partition coefficient (Wildman–Crippen LogP) is 3.94. The third-order valence-electron chi connectivity index (χ3n) is 4.09. The Morgan fingerprint density at radius 3 is 2.59 bits per heavy atom. The Bertz CT molecular complexity index is 1080. The van der Waals surface area contributed by atoms with Gasteiger partial charge in [-0.05, 0) is 31.2 Å². The number of anilines is 2. The topological polar surface area (TPSA) is 118 Å². The molecule has 0 aliphatic rings. The Hall–Kier alpha value is -3.44. The number of carbonyl (C=O) groups excluding carboxylic acids is 1. The average molecular weight is 404 g/mol. The molecule has 1 aromatic carbocycles. The van der Waals surface area contributed by atoms with Gasteiger partial charge < -0.3 is 11.1 Å². The van der Waals surface area contributed by atoms with Gasteiger partial charge in [-0.25, -0.2) is 9.97 Å². The van der Waals surface area contributed by atoms with Crippen LogP contribution in [-0.4, -0.2) is 20.9 Å². The first kappa shape index (κ1) is 20.3. The van der Waals surface area contributed by atoms with Crippen LogP contribution in [-0.2, 0) is 10.5 Å². The lowest BCUT2D eigenvalue weighted by molar-refractivity contribution is -0.115. The van der Waals surface area contributed by atoms with Gasteiger partial charge >= 0.3 is 0 Å². The maximum absolute atomic E-state index is 11.5. The SMILES string of the molecule is CCC(=O)Nc1ccc(-c2nc(SCc3cccc(C)n3)nc(N)c2C#N)cc1. The normalized spacial score (nSPS) is 10.4. The number of pyridine rings is 1. The minimum Gasteiger partial charge on any atom is -0.382 e. The molecule has 29 heavy (non-hydrogen) atoms. The fourth-order valence-electron chi connectivity index (χ4n) is 2.62. The maximum atomic E-state index is 11.5. The highest BCUT2D eigenvalue weighted by Crippen LogP contribution is 2.29. The largest absolute Gasteiger partial charge is 0.382 e. The average Bonchev–Trinajstić information content (AvgIpc) is 2.72. The number of thioether (sulfide) groups is 1. The summed E-state index contributed by atoms with van der Waals surface area (Å²) in [5.74, 6) is 0.666. The quantitative estimate of drug-likeness (QED) is 0.472. The Kier molecular flexibility index (Phi) is 6.42. The Morgan fingerprint density at radius 2 is 1.93 bits per heavy atom. The maximum Gasteiger partial charge on any atom is 0.224 e. The molecule has 3 rings (SSSR count). The molecule has 146 valence electrons. The van der Waals surface area contributed by atoms with Crippen molar-refractivity contribution in [3.63, 3.8) is 0 Å².